The van der Waals surface area contributed by atoms with Gasteiger partial charge in [0.1, 0.15) is 0 Å². The van der Waals surface area contributed by atoms with Crippen LogP contribution in [0.5, 0.6) is 0 Å². The maximum Gasteiger partial charge on any atom is 0.220 e. The molecule has 0 bridgehead atoms. The number of carbonyl (C=O) groups excluding carboxylic acids is 1. The molecule has 0 aliphatic heterocycles. The summed E-state index contributed by atoms with van der Waals surface area (Å²) in [7, 11) is 0. The second kappa shape index (κ2) is 6.00. The largest absolute Gasteiger partial charge is 0.394 e. The fourth-order valence-electron chi connectivity index (χ4n) is 0.840. The van der Waals surface area contributed by atoms with Crippen molar-refractivity contribution in [2.24, 2.45) is 5.92 Å². The number of hydrogen-bond acceptors (Lipinski definition) is 2. The molecule has 0 heterocycles. The first-order valence-corrected chi connectivity index (χ1v) is 4.50. The number of aliphatic hydroxyl groups excluding tert-OH is 1. The van der Waals surface area contributed by atoms with Crippen LogP contribution in [0.25, 0.3) is 0 Å². The molecule has 0 spiro atoms. The lowest BCUT2D eigenvalue weighted by molar-refractivity contribution is -0.122. The zero-order valence-electron chi connectivity index (χ0n) is 8.13. The lowest BCUT2D eigenvalue weighted by atomic mass is 10.0. The van der Waals surface area contributed by atoms with E-state index in [1.165, 1.54) is 0 Å². The molecular formula is C9H19NO2. The van der Waals surface area contributed by atoms with Crippen LogP contribution in [-0.2, 0) is 4.79 Å². The van der Waals surface area contributed by atoms with Crippen LogP contribution in [0.2, 0.25) is 0 Å². The third-order valence-corrected chi connectivity index (χ3v) is 1.91. The van der Waals surface area contributed by atoms with E-state index in [2.05, 4.69) is 12.2 Å². The number of aliphatic hydroxyl groups is 1. The molecule has 0 saturated heterocycles. The molecule has 12 heavy (non-hydrogen) atoms. The molecule has 1 amide bonds. The SMILES string of the molecule is CCC(C)CC(=O)NC(C)CO. The standard InChI is InChI=1S/C9H19NO2/c1-4-7(2)5-9(12)10-8(3)6-11/h7-8,11H,4-6H2,1-3H3,(H,10,12). The molecule has 0 rings (SSSR count). The molecule has 0 aliphatic carbocycles. The normalized spacial score (nSPS) is 15.3. The lowest BCUT2D eigenvalue weighted by Gasteiger charge is -2.12. The van der Waals surface area contributed by atoms with Gasteiger partial charge in [0.25, 0.3) is 0 Å². The number of rotatable bonds is 5. The van der Waals surface area contributed by atoms with Crippen molar-refractivity contribution in [1.82, 2.24) is 5.32 Å². The van der Waals surface area contributed by atoms with Crippen molar-refractivity contribution in [1.29, 1.82) is 0 Å². The second-order valence-electron chi connectivity index (χ2n) is 3.37. The molecule has 2 atom stereocenters. The van der Waals surface area contributed by atoms with Crippen LogP contribution < -0.4 is 5.32 Å². The van der Waals surface area contributed by atoms with Crippen molar-refractivity contribution in [3.63, 3.8) is 0 Å². The van der Waals surface area contributed by atoms with E-state index < -0.39 is 0 Å². The van der Waals surface area contributed by atoms with Crippen LogP contribution in [0.3, 0.4) is 0 Å². The Morgan fingerprint density at radius 2 is 2.08 bits per heavy atom. The molecule has 72 valence electrons. The Bertz CT molecular complexity index is 122. The van der Waals surface area contributed by atoms with Gasteiger partial charge in [-0.2, -0.15) is 0 Å². The summed E-state index contributed by atoms with van der Waals surface area (Å²) in [5.41, 5.74) is 0. The van der Waals surface area contributed by atoms with E-state index in [-0.39, 0.29) is 18.6 Å². The molecule has 0 aromatic heterocycles. The smallest absolute Gasteiger partial charge is 0.220 e. The predicted octanol–water partition coefficient (Wildman–Crippen LogP) is 0.920. The fraction of sp³-hybridized carbons (Fsp3) is 0.889. The van der Waals surface area contributed by atoms with Crippen LogP contribution in [-0.4, -0.2) is 23.7 Å². The highest BCUT2D eigenvalue weighted by Crippen LogP contribution is 2.05. The van der Waals surface area contributed by atoms with Crippen molar-refractivity contribution in [3.8, 4) is 0 Å². The first-order valence-electron chi connectivity index (χ1n) is 4.50. The summed E-state index contributed by atoms with van der Waals surface area (Å²) < 4.78 is 0. The highest BCUT2D eigenvalue weighted by atomic mass is 16.3. The summed E-state index contributed by atoms with van der Waals surface area (Å²) in [6.45, 7) is 5.90. The minimum Gasteiger partial charge on any atom is -0.394 e. The molecule has 2 N–H and O–H groups in total. The Morgan fingerprint density at radius 3 is 2.50 bits per heavy atom. The molecule has 2 unspecified atom stereocenters. The summed E-state index contributed by atoms with van der Waals surface area (Å²) in [4.78, 5) is 11.2. The third kappa shape index (κ3) is 5.13. The topological polar surface area (TPSA) is 49.3 Å². The molecule has 0 aliphatic rings. The Balaban J connectivity index is 3.59. The molecule has 0 saturated carbocycles. The van der Waals surface area contributed by atoms with Gasteiger partial charge in [-0.15, -0.1) is 0 Å². The highest BCUT2D eigenvalue weighted by Gasteiger charge is 2.09. The van der Waals surface area contributed by atoms with E-state index in [0.29, 0.717) is 12.3 Å². The number of hydrogen-bond donors (Lipinski definition) is 2. The van der Waals surface area contributed by atoms with Crippen molar-refractivity contribution in [3.05, 3.63) is 0 Å². The van der Waals surface area contributed by atoms with Gasteiger partial charge in [0.05, 0.1) is 6.61 Å². The second-order valence-corrected chi connectivity index (χ2v) is 3.37. The molecule has 3 heteroatoms. The monoisotopic (exact) mass is 173 g/mol. The van der Waals surface area contributed by atoms with Crippen LogP contribution in [0.1, 0.15) is 33.6 Å². The molecule has 3 nitrogen and oxygen atoms in total. The van der Waals surface area contributed by atoms with Crippen LogP contribution in [0.15, 0.2) is 0 Å². The first kappa shape index (κ1) is 11.4. The molecule has 0 fully saturated rings. The number of amides is 1. The summed E-state index contributed by atoms with van der Waals surface area (Å²) in [5, 5.41) is 11.4. The molecule has 0 aromatic rings. The van der Waals surface area contributed by atoms with E-state index in [1.807, 2.05) is 6.92 Å². The molecule has 0 aromatic carbocycles. The van der Waals surface area contributed by atoms with E-state index in [9.17, 15) is 4.79 Å². The lowest BCUT2D eigenvalue weighted by Crippen LogP contribution is -2.35. The van der Waals surface area contributed by atoms with Gasteiger partial charge in [-0.25, -0.2) is 0 Å². The maximum absolute atomic E-state index is 11.2. The van der Waals surface area contributed by atoms with Crippen molar-refractivity contribution >= 4 is 5.91 Å². The number of nitrogens with one attached hydrogen (secondary N) is 1. The Hall–Kier alpha value is -0.570. The minimum atomic E-state index is -0.124. The Kier molecular flexibility index (Phi) is 5.72. The summed E-state index contributed by atoms with van der Waals surface area (Å²) >= 11 is 0. The van der Waals surface area contributed by atoms with Gasteiger partial charge in [0, 0.05) is 12.5 Å². The van der Waals surface area contributed by atoms with E-state index >= 15 is 0 Å². The maximum atomic E-state index is 11.2. The average molecular weight is 173 g/mol. The average Bonchev–Trinajstić information content (AvgIpc) is 2.03. The van der Waals surface area contributed by atoms with Crippen LogP contribution >= 0.6 is 0 Å². The first-order chi connectivity index (χ1) is 5.60. The van der Waals surface area contributed by atoms with Gasteiger partial charge in [0.2, 0.25) is 5.91 Å². The Morgan fingerprint density at radius 1 is 1.50 bits per heavy atom. The fourth-order valence-corrected chi connectivity index (χ4v) is 0.840. The van der Waals surface area contributed by atoms with Gasteiger partial charge >= 0.3 is 0 Å². The van der Waals surface area contributed by atoms with Gasteiger partial charge in [-0.05, 0) is 12.8 Å². The van der Waals surface area contributed by atoms with E-state index in [0.717, 1.165) is 6.42 Å². The van der Waals surface area contributed by atoms with Gasteiger partial charge in [-0.1, -0.05) is 20.3 Å². The highest BCUT2D eigenvalue weighted by molar-refractivity contribution is 5.76. The number of carbonyl (C=O) groups is 1. The van der Waals surface area contributed by atoms with Crippen LogP contribution in [0, 0.1) is 5.92 Å². The Labute approximate surface area is 74.2 Å². The van der Waals surface area contributed by atoms with Crippen LogP contribution in [0.4, 0.5) is 0 Å². The summed E-state index contributed by atoms with van der Waals surface area (Å²) in [6.07, 6.45) is 1.57. The molecule has 0 radical (unpaired) electrons. The third-order valence-electron chi connectivity index (χ3n) is 1.91. The zero-order valence-corrected chi connectivity index (χ0v) is 8.13. The van der Waals surface area contributed by atoms with Crippen molar-refractivity contribution in [2.75, 3.05) is 6.61 Å². The summed E-state index contributed by atoms with van der Waals surface area (Å²) in [5.74, 6) is 0.460. The predicted molar refractivity (Wildman–Crippen MR) is 48.8 cm³/mol. The van der Waals surface area contributed by atoms with Gasteiger partial charge in [-0.3, -0.25) is 4.79 Å². The van der Waals surface area contributed by atoms with Crippen molar-refractivity contribution in [2.45, 2.75) is 39.7 Å². The zero-order chi connectivity index (χ0) is 9.56. The quantitative estimate of drug-likeness (QED) is 0.649. The summed E-state index contributed by atoms with van der Waals surface area (Å²) in [6, 6.07) is -0.124. The van der Waals surface area contributed by atoms with E-state index in [1.54, 1.807) is 6.92 Å². The minimum absolute atomic E-state index is 0.00620. The van der Waals surface area contributed by atoms with Gasteiger partial charge < -0.3 is 10.4 Å². The van der Waals surface area contributed by atoms with Gasteiger partial charge in [0.15, 0.2) is 0 Å². The van der Waals surface area contributed by atoms with Crippen molar-refractivity contribution < 1.29 is 9.90 Å². The van der Waals surface area contributed by atoms with E-state index in [4.69, 9.17) is 5.11 Å². The molecular weight excluding hydrogens is 154 g/mol.